The van der Waals surface area contributed by atoms with Gasteiger partial charge in [-0.05, 0) is 37.0 Å². The van der Waals surface area contributed by atoms with Gasteiger partial charge in [-0.2, -0.15) is 5.10 Å². The van der Waals surface area contributed by atoms with Crippen molar-refractivity contribution in [1.82, 2.24) is 9.78 Å². The Balaban J connectivity index is 1.59. The minimum atomic E-state index is -0.335. The maximum absolute atomic E-state index is 10.4. The second-order valence-corrected chi connectivity index (χ2v) is 5.44. The van der Waals surface area contributed by atoms with E-state index < -0.39 is 0 Å². The molecular weight excluding hydrogens is 252 g/mol. The zero-order valence-corrected chi connectivity index (χ0v) is 11.7. The number of rotatable bonds is 4. The highest BCUT2D eigenvalue weighted by molar-refractivity contribution is 5.35. The molecule has 2 unspecified atom stereocenters. The van der Waals surface area contributed by atoms with E-state index in [1.807, 2.05) is 36.0 Å². The molecular formula is C16H20N2O2. The van der Waals surface area contributed by atoms with Crippen LogP contribution in [-0.4, -0.2) is 27.6 Å². The molecule has 1 aliphatic heterocycles. The van der Waals surface area contributed by atoms with Gasteiger partial charge in [0.05, 0.1) is 12.7 Å². The molecule has 4 heteroatoms. The second kappa shape index (κ2) is 5.67. The van der Waals surface area contributed by atoms with Crippen molar-refractivity contribution in [1.29, 1.82) is 0 Å². The van der Waals surface area contributed by atoms with Gasteiger partial charge in [0.1, 0.15) is 5.75 Å². The van der Waals surface area contributed by atoms with Crippen molar-refractivity contribution in [3.63, 3.8) is 0 Å². The van der Waals surface area contributed by atoms with Gasteiger partial charge in [0.2, 0.25) is 0 Å². The van der Waals surface area contributed by atoms with Crippen LogP contribution in [0, 0.1) is 5.92 Å². The van der Waals surface area contributed by atoms with Crippen LogP contribution in [0.2, 0.25) is 0 Å². The third-order valence-corrected chi connectivity index (χ3v) is 4.07. The highest BCUT2D eigenvalue weighted by Gasteiger charge is 2.25. The summed E-state index contributed by atoms with van der Waals surface area (Å²) in [4.78, 5) is 0. The molecule has 0 amide bonds. The summed E-state index contributed by atoms with van der Waals surface area (Å²) in [6.07, 6.45) is 3.94. The molecule has 0 radical (unpaired) electrons. The van der Waals surface area contributed by atoms with Crippen molar-refractivity contribution in [2.24, 2.45) is 13.0 Å². The number of para-hydroxylation sites is 1. The Morgan fingerprint density at radius 2 is 2.25 bits per heavy atom. The number of fused-ring (bicyclic) bond motifs is 1. The van der Waals surface area contributed by atoms with Gasteiger partial charge in [0.25, 0.3) is 0 Å². The van der Waals surface area contributed by atoms with Crippen LogP contribution >= 0.6 is 0 Å². The summed E-state index contributed by atoms with van der Waals surface area (Å²) in [6, 6.07) is 10.1. The van der Waals surface area contributed by atoms with E-state index in [9.17, 15) is 5.11 Å². The molecule has 2 aromatic rings. The largest absolute Gasteiger partial charge is 0.493 e. The Kier molecular flexibility index (Phi) is 3.74. The summed E-state index contributed by atoms with van der Waals surface area (Å²) >= 11 is 0. The fourth-order valence-electron chi connectivity index (χ4n) is 2.78. The highest BCUT2D eigenvalue weighted by atomic mass is 16.5. The lowest BCUT2D eigenvalue weighted by Crippen LogP contribution is -2.32. The van der Waals surface area contributed by atoms with E-state index in [0.717, 1.165) is 30.7 Å². The quantitative estimate of drug-likeness (QED) is 0.925. The molecule has 4 nitrogen and oxygen atoms in total. The Hall–Kier alpha value is -1.81. The highest BCUT2D eigenvalue weighted by Crippen LogP contribution is 2.29. The Bertz CT molecular complexity index is 579. The van der Waals surface area contributed by atoms with Gasteiger partial charge in [-0.3, -0.25) is 4.68 Å². The van der Waals surface area contributed by atoms with Gasteiger partial charge in [0, 0.05) is 24.9 Å². The Morgan fingerprint density at radius 3 is 3.05 bits per heavy atom. The van der Waals surface area contributed by atoms with Gasteiger partial charge in [0.15, 0.2) is 0 Å². The molecule has 1 aromatic heterocycles. The molecule has 0 saturated heterocycles. The van der Waals surface area contributed by atoms with E-state index in [1.54, 1.807) is 6.20 Å². The third-order valence-electron chi connectivity index (χ3n) is 4.07. The lowest BCUT2D eigenvalue weighted by molar-refractivity contribution is 0.0586. The first-order chi connectivity index (χ1) is 9.74. The molecule has 20 heavy (non-hydrogen) atoms. The van der Waals surface area contributed by atoms with Crippen LogP contribution in [0.1, 0.15) is 17.7 Å². The Labute approximate surface area is 119 Å². The van der Waals surface area contributed by atoms with Crippen molar-refractivity contribution in [3.8, 4) is 5.75 Å². The first-order valence-electron chi connectivity index (χ1n) is 7.09. The number of benzene rings is 1. The molecule has 1 aromatic carbocycles. The predicted octanol–water partition coefficient (Wildman–Crippen LogP) is 1.96. The lowest BCUT2D eigenvalue weighted by Gasteiger charge is -2.28. The van der Waals surface area contributed by atoms with Gasteiger partial charge >= 0.3 is 0 Å². The molecule has 0 spiro atoms. The van der Waals surface area contributed by atoms with E-state index >= 15 is 0 Å². The van der Waals surface area contributed by atoms with Gasteiger partial charge in [-0.1, -0.05) is 18.2 Å². The van der Waals surface area contributed by atoms with Crippen LogP contribution < -0.4 is 4.74 Å². The Morgan fingerprint density at radius 1 is 1.40 bits per heavy atom. The summed E-state index contributed by atoms with van der Waals surface area (Å²) in [5.74, 6) is 1.14. The van der Waals surface area contributed by atoms with Gasteiger partial charge in [-0.15, -0.1) is 0 Å². The molecule has 0 saturated carbocycles. The normalized spacial score (nSPS) is 19.2. The molecule has 1 N–H and O–H groups in total. The first kappa shape index (κ1) is 13.2. The molecule has 0 fully saturated rings. The monoisotopic (exact) mass is 272 g/mol. The number of aromatic nitrogens is 2. The lowest BCUT2D eigenvalue weighted by atomic mass is 9.89. The third kappa shape index (κ3) is 2.70. The van der Waals surface area contributed by atoms with Crippen LogP contribution in [0.4, 0.5) is 0 Å². The molecule has 0 bridgehead atoms. The van der Waals surface area contributed by atoms with Crippen LogP contribution in [0.3, 0.4) is 0 Å². The van der Waals surface area contributed by atoms with E-state index in [4.69, 9.17) is 4.74 Å². The summed E-state index contributed by atoms with van der Waals surface area (Å²) in [5, 5.41) is 14.5. The first-order valence-corrected chi connectivity index (χ1v) is 7.09. The van der Waals surface area contributed by atoms with Crippen LogP contribution in [0.5, 0.6) is 5.75 Å². The number of hydrogen-bond acceptors (Lipinski definition) is 3. The molecule has 2 heterocycles. The second-order valence-electron chi connectivity index (χ2n) is 5.44. The van der Waals surface area contributed by atoms with Crippen molar-refractivity contribution in [2.75, 3.05) is 6.61 Å². The van der Waals surface area contributed by atoms with Crippen LogP contribution in [0.15, 0.2) is 36.5 Å². The van der Waals surface area contributed by atoms with E-state index in [1.165, 1.54) is 5.56 Å². The summed E-state index contributed by atoms with van der Waals surface area (Å²) in [5.41, 5.74) is 2.35. The summed E-state index contributed by atoms with van der Waals surface area (Å²) in [6.45, 7) is 0.601. The number of aryl methyl sites for hydroxylation is 2. The average Bonchev–Trinajstić information content (AvgIpc) is 2.89. The predicted molar refractivity (Wildman–Crippen MR) is 76.7 cm³/mol. The number of ether oxygens (including phenoxy) is 1. The zero-order chi connectivity index (χ0) is 13.9. The smallest absolute Gasteiger partial charge is 0.122 e. The fourth-order valence-corrected chi connectivity index (χ4v) is 2.78. The summed E-state index contributed by atoms with van der Waals surface area (Å²) < 4.78 is 7.60. The topological polar surface area (TPSA) is 47.3 Å². The average molecular weight is 272 g/mol. The number of nitrogens with zero attached hydrogens (tertiary/aromatic N) is 2. The number of aliphatic hydroxyl groups excluding tert-OH is 1. The van der Waals surface area contributed by atoms with Crippen molar-refractivity contribution < 1.29 is 9.84 Å². The molecule has 106 valence electrons. The maximum atomic E-state index is 10.4. The minimum absolute atomic E-state index is 0.179. The number of hydrogen-bond donors (Lipinski definition) is 1. The van der Waals surface area contributed by atoms with E-state index in [0.29, 0.717) is 6.61 Å². The van der Waals surface area contributed by atoms with E-state index in [2.05, 4.69) is 11.2 Å². The summed E-state index contributed by atoms with van der Waals surface area (Å²) in [7, 11) is 1.93. The molecule has 3 rings (SSSR count). The SMILES string of the molecule is Cn1nccc1CCC(O)C1COc2ccccc2C1. The zero-order valence-electron chi connectivity index (χ0n) is 11.7. The minimum Gasteiger partial charge on any atom is -0.493 e. The maximum Gasteiger partial charge on any atom is 0.122 e. The molecule has 2 atom stereocenters. The molecule has 0 aliphatic carbocycles. The van der Waals surface area contributed by atoms with Crippen molar-refractivity contribution in [2.45, 2.75) is 25.4 Å². The number of aliphatic hydroxyl groups is 1. The standard InChI is InChI=1S/C16H20N2O2/c1-18-14(8-9-17-18)6-7-15(19)13-10-12-4-2-3-5-16(12)20-11-13/h2-5,8-9,13,15,19H,6-7,10-11H2,1H3. The molecule has 1 aliphatic rings. The van der Waals surface area contributed by atoms with Crippen LogP contribution in [0.25, 0.3) is 0 Å². The van der Waals surface area contributed by atoms with Gasteiger partial charge < -0.3 is 9.84 Å². The fraction of sp³-hybridized carbons (Fsp3) is 0.438. The van der Waals surface area contributed by atoms with Crippen LogP contribution in [-0.2, 0) is 19.9 Å². The van der Waals surface area contributed by atoms with Gasteiger partial charge in [-0.25, -0.2) is 0 Å². The van der Waals surface area contributed by atoms with Crippen molar-refractivity contribution >= 4 is 0 Å². The van der Waals surface area contributed by atoms with Crippen molar-refractivity contribution in [3.05, 3.63) is 47.8 Å². The van der Waals surface area contributed by atoms with E-state index in [-0.39, 0.29) is 12.0 Å².